The van der Waals surface area contributed by atoms with Gasteiger partial charge in [-0.25, -0.2) is 0 Å². The summed E-state index contributed by atoms with van der Waals surface area (Å²) in [6.07, 6.45) is -0.343. The molecule has 1 aromatic rings. The Bertz CT molecular complexity index is 274. The Balaban J connectivity index is 2.96. The minimum Gasteiger partial charge on any atom is -0.387 e. The molecule has 74 valence electrons. The quantitative estimate of drug-likeness (QED) is 0.733. The van der Waals surface area contributed by atoms with Crippen LogP contribution in [0, 0.1) is 19.3 Å². The normalized spacial score (nSPS) is 14.6. The third-order valence-corrected chi connectivity index (χ3v) is 3.48. The minimum atomic E-state index is -0.343. The van der Waals surface area contributed by atoms with Gasteiger partial charge in [-0.1, -0.05) is 20.8 Å². The van der Waals surface area contributed by atoms with Gasteiger partial charge in [-0.15, -0.1) is 11.3 Å². The molecule has 0 aromatic carbocycles. The molecule has 1 unspecified atom stereocenters. The highest BCUT2D eigenvalue weighted by Gasteiger charge is 2.25. The van der Waals surface area contributed by atoms with Crippen molar-refractivity contribution in [3.8, 4) is 0 Å². The molecule has 0 saturated heterocycles. The summed E-state index contributed by atoms with van der Waals surface area (Å²) < 4.78 is 0. The topological polar surface area (TPSA) is 20.2 Å². The molecule has 0 amide bonds. The van der Waals surface area contributed by atoms with Gasteiger partial charge in [0.2, 0.25) is 0 Å². The number of aliphatic hydroxyl groups excluding tert-OH is 1. The van der Waals surface area contributed by atoms with Crippen LogP contribution in [-0.4, -0.2) is 5.11 Å². The summed E-state index contributed by atoms with van der Waals surface area (Å²) >= 11 is 1.70. The molecule has 0 saturated carbocycles. The fourth-order valence-electron chi connectivity index (χ4n) is 1.16. The lowest BCUT2D eigenvalue weighted by Crippen LogP contribution is -2.16. The molecule has 1 nitrogen and oxygen atoms in total. The molecule has 0 aliphatic heterocycles. The first-order valence-corrected chi connectivity index (χ1v) is 5.39. The molecule has 1 aromatic heterocycles. The Hall–Kier alpha value is -0.340. The summed E-state index contributed by atoms with van der Waals surface area (Å²) in [4.78, 5) is 2.39. The molecule has 0 aliphatic rings. The van der Waals surface area contributed by atoms with Crippen molar-refractivity contribution in [1.29, 1.82) is 0 Å². The first kappa shape index (κ1) is 10.7. The van der Waals surface area contributed by atoms with Crippen LogP contribution in [0.5, 0.6) is 0 Å². The fraction of sp³-hybridized carbons (Fsp3) is 0.636. The van der Waals surface area contributed by atoms with Gasteiger partial charge in [0, 0.05) is 9.75 Å². The average molecular weight is 198 g/mol. The molecular formula is C11H18OS. The van der Waals surface area contributed by atoms with E-state index < -0.39 is 0 Å². The zero-order chi connectivity index (χ0) is 10.2. The standard InChI is InChI=1S/C11H18OS/c1-7-6-9(13-8(7)2)10(12)11(3,4)5/h6,10,12H,1-5H3. The number of aryl methyl sites for hydroxylation is 2. The molecule has 13 heavy (non-hydrogen) atoms. The number of hydrogen-bond acceptors (Lipinski definition) is 2. The van der Waals surface area contributed by atoms with Crippen molar-refractivity contribution < 1.29 is 5.11 Å². The molecule has 0 fully saturated rings. The number of rotatable bonds is 1. The second kappa shape index (κ2) is 3.43. The Labute approximate surface area is 84.4 Å². The van der Waals surface area contributed by atoms with Crippen molar-refractivity contribution >= 4 is 11.3 Å². The summed E-state index contributed by atoms with van der Waals surface area (Å²) in [7, 11) is 0. The molecule has 1 N–H and O–H groups in total. The highest BCUT2D eigenvalue weighted by molar-refractivity contribution is 7.12. The highest BCUT2D eigenvalue weighted by Crippen LogP contribution is 2.37. The van der Waals surface area contributed by atoms with E-state index in [1.54, 1.807) is 11.3 Å². The van der Waals surface area contributed by atoms with E-state index >= 15 is 0 Å². The largest absolute Gasteiger partial charge is 0.387 e. The fourth-order valence-corrected chi connectivity index (χ4v) is 2.44. The Morgan fingerprint density at radius 2 is 1.85 bits per heavy atom. The average Bonchev–Trinajstić information content (AvgIpc) is 2.29. The molecule has 1 rings (SSSR count). The van der Waals surface area contributed by atoms with E-state index in [9.17, 15) is 5.11 Å². The van der Waals surface area contributed by atoms with Gasteiger partial charge >= 0.3 is 0 Å². The Kier molecular flexibility index (Phi) is 2.83. The van der Waals surface area contributed by atoms with Crippen molar-refractivity contribution in [3.05, 3.63) is 21.4 Å². The van der Waals surface area contributed by atoms with E-state index in [-0.39, 0.29) is 11.5 Å². The van der Waals surface area contributed by atoms with Crippen molar-refractivity contribution in [3.63, 3.8) is 0 Å². The minimum absolute atomic E-state index is 0.0657. The van der Waals surface area contributed by atoms with Gasteiger partial charge in [0.15, 0.2) is 0 Å². The second-order valence-corrected chi connectivity index (χ2v) is 5.94. The zero-order valence-corrected chi connectivity index (χ0v) is 9.83. The molecular weight excluding hydrogens is 180 g/mol. The first-order chi connectivity index (χ1) is 5.82. The van der Waals surface area contributed by atoms with Crippen LogP contribution in [0.25, 0.3) is 0 Å². The monoisotopic (exact) mass is 198 g/mol. The molecule has 2 heteroatoms. The van der Waals surface area contributed by atoms with E-state index in [1.807, 2.05) is 0 Å². The van der Waals surface area contributed by atoms with Crippen LogP contribution in [0.3, 0.4) is 0 Å². The van der Waals surface area contributed by atoms with E-state index in [1.165, 1.54) is 10.4 Å². The molecule has 1 heterocycles. The predicted octanol–water partition coefficient (Wildman–Crippen LogP) is 3.44. The zero-order valence-electron chi connectivity index (χ0n) is 9.01. The van der Waals surface area contributed by atoms with Crippen molar-refractivity contribution in [2.45, 2.75) is 40.7 Å². The van der Waals surface area contributed by atoms with Gasteiger partial charge < -0.3 is 5.11 Å². The molecule has 0 aliphatic carbocycles. The van der Waals surface area contributed by atoms with E-state index in [0.29, 0.717) is 0 Å². The number of hydrogen-bond donors (Lipinski definition) is 1. The highest BCUT2D eigenvalue weighted by atomic mass is 32.1. The van der Waals surface area contributed by atoms with Crippen LogP contribution in [0.15, 0.2) is 6.07 Å². The maximum Gasteiger partial charge on any atom is 0.0930 e. The van der Waals surface area contributed by atoms with Gasteiger partial charge in [-0.3, -0.25) is 0 Å². The lowest BCUT2D eigenvalue weighted by atomic mass is 9.88. The first-order valence-electron chi connectivity index (χ1n) is 4.57. The van der Waals surface area contributed by atoms with Gasteiger partial charge in [-0.2, -0.15) is 0 Å². The predicted molar refractivity (Wildman–Crippen MR) is 58.2 cm³/mol. The molecule has 1 atom stereocenters. The van der Waals surface area contributed by atoms with Crippen molar-refractivity contribution in [2.75, 3.05) is 0 Å². The van der Waals surface area contributed by atoms with Crippen LogP contribution in [0.1, 0.15) is 42.2 Å². The van der Waals surface area contributed by atoms with Gasteiger partial charge in [0.25, 0.3) is 0 Å². The lowest BCUT2D eigenvalue weighted by Gasteiger charge is -2.24. The third kappa shape index (κ3) is 2.32. The number of thiophene rings is 1. The van der Waals surface area contributed by atoms with Crippen LogP contribution in [0.4, 0.5) is 0 Å². The van der Waals surface area contributed by atoms with Gasteiger partial charge in [0.05, 0.1) is 6.10 Å². The van der Waals surface area contributed by atoms with Gasteiger partial charge in [-0.05, 0) is 30.9 Å². The van der Waals surface area contributed by atoms with Crippen LogP contribution >= 0.6 is 11.3 Å². The summed E-state index contributed by atoms with van der Waals surface area (Å²) in [5.41, 5.74) is 1.22. The maximum absolute atomic E-state index is 10.0. The Morgan fingerprint density at radius 1 is 1.31 bits per heavy atom. The molecule has 0 spiro atoms. The summed E-state index contributed by atoms with van der Waals surface area (Å²) in [6.45, 7) is 10.4. The van der Waals surface area contributed by atoms with Crippen LogP contribution in [0.2, 0.25) is 0 Å². The second-order valence-electron chi connectivity index (χ2n) is 4.66. The molecule has 0 bridgehead atoms. The van der Waals surface area contributed by atoms with Crippen molar-refractivity contribution in [1.82, 2.24) is 0 Å². The van der Waals surface area contributed by atoms with E-state index in [2.05, 4.69) is 40.7 Å². The summed E-state index contributed by atoms with van der Waals surface area (Å²) in [5, 5.41) is 10.0. The smallest absolute Gasteiger partial charge is 0.0930 e. The van der Waals surface area contributed by atoms with Gasteiger partial charge in [0.1, 0.15) is 0 Å². The van der Waals surface area contributed by atoms with Crippen molar-refractivity contribution in [2.24, 2.45) is 5.41 Å². The SMILES string of the molecule is Cc1cc(C(O)C(C)(C)C)sc1C. The van der Waals surface area contributed by atoms with E-state index in [4.69, 9.17) is 0 Å². The summed E-state index contributed by atoms with van der Waals surface area (Å²) in [6, 6.07) is 2.09. The maximum atomic E-state index is 10.0. The van der Waals surface area contributed by atoms with Crippen LogP contribution in [-0.2, 0) is 0 Å². The number of aliphatic hydroxyl groups is 1. The lowest BCUT2D eigenvalue weighted by molar-refractivity contribution is 0.0658. The third-order valence-electron chi connectivity index (χ3n) is 2.27. The Morgan fingerprint density at radius 3 is 2.15 bits per heavy atom. The van der Waals surface area contributed by atoms with E-state index in [0.717, 1.165) is 4.88 Å². The summed E-state index contributed by atoms with van der Waals surface area (Å²) in [5.74, 6) is 0. The van der Waals surface area contributed by atoms with Crippen LogP contribution < -0.4 is 0 Å². The molecule has 0 radical (unpaired) electrons.